The SMILES string of the molecule is CC(C)Oc1ccccc1C(=O)NC(=S)Nc1ccc(C(=O)N2CCCCC2)cc1. The second-order valence-electron chi connectivity index (χ2n) is 7.50. The molecule has 2 N–H and O–H groups in total. The fraction of sp³-hybridized carbons (Fsp3) is 0.348. The smallest absolute Gasteiger partial charge is 0.261 e. The van der Waals surface area contributed by atoms with Crippen LogP contribution in [0.3, 0.4) is 0 Å². The topological polar surface area (TPSA) is 70.7 Å². The molecule has 1 saturated heterocycles. The summed E-state index contributed by atoms with van der Waals surface area (Å²) >= 11 is 5.27. The zero-order valence-electron chi connectivity index (χ0n) is 17.3. The van der Waals surface area contributed by atoms with Crippen molar-refractivity contribution in [3.63, 3.8) is 0 Å². The summed E-state index contributed by atoms with van der Waals surface area (Å²) in [6, 6.07) is 14.1. The molecule has 0 bridgehead atoms. The lowest BCUT2D eigenvalue weighted by molar-refractivity contribution is 0.0724. The molecule has 3 rings (SSSR count). The van der Waals surface area contributed by atoms with Crippen LogP contribution in [0.4, 0.5) is 5.69 Å². The first-order valence-electron chi connectivity index (χ1n) is 10.2. The number of carbonyl (C=O) groups is 2. The highest BCUT2D eigenvalue weighted by molar-refractivity contribution is 7.80. The molecular weight excluding hydrogens is 398 g/mol. The summed E-state index contributed by atoms with van der Waals surface area (Å²) < 4.78 is 5.69. The van der Waals surface area contributed by atoms with Gasteiger partial charge >= 0.3 is 0 Å². The maximum absolute atomic E-state index is 12.6. The predicted molar refractivity (Wildman–Crippen MR) is 122 cm³/mol. The molecule has 0 saturated carbocycles. The quantitative estimate of drug-likeness (QED) is 0.702. The number of piperidine rings is 1. The van der Waals surface area contributed by atoms with E-state index in [4.69, 9.17) is 17.0 Å². The standard InChI is InChI=1S/C23H27N3O3S/c1-16(2)29-20-9-5-4-8-19(20)21(27)25-23(30)24-18-12-10-17(11-13-18)22(28)26-14-6-3-7-15-26/h4-5,8-13,16H,3,6-7,14-15H2,1-2H3,(H2,24,25,27,30). The van der Waals surface area contributed by atoms with Crippen LogP contribution in [-0.2, 0) is 0 Å². The summed E-state index contributed by atoms with van der Waals surface area (Å²) in [5.41, 5.74) is 1.76. The van der Waals surface area contributed by atoms with Crippen molar-refractivity contribution in [2.24, 2.45) is 0 Å². The van der Waals surface area contributed by atoms with Crippen molar-refractivity contribution in [2.75, 3.05) is 18.4 Å². The number of ether oxygens (including phenoxy) is 1. The van der Waals surface area contributed by atoms with Crippen LogP contribution in [0.1, 0.15) is 53.8 Å². The number of thiocarbonyl (C=S) groups is 1. The van der Waals surface area contributed by atoms with Gasteiger partial charge in [0.25, 0.3) is 11.8 Å². The first-order valence-corrected chi connectivity index (χ1v) is 10.6. The molecule has 6 nitrogen and oxygen atoms in total. The Labute approximate surface area is 182 Å². The first-order chi connectivity index (χ1) is 14.4. The number of nitrogens with zero attached hydrogens (tertiary/aromatic N) is 1. The highest BCUT2D eigenvalue weighted by Gasteiger charge is 2.18. The van der Waals surface area contributed by atoms with Crippen LogP contribution in [0.25, 0.3) is 0 Å². The van der Waals surface area contributed by atoms with Gasteiger partial charge in [0.2, 0.25) is 0 Å². The number of para-hydroxylation sites is 1. The highest BCUT2D eigenvalue weighted by atomic mass is 32.1. The maximum atomic E-state index is 12.6. The molecule has 2 aromatic rings. The molecule has 0 atom stereocenters. The van der Waals surface area contributed by atoms with Gasteiger partial charge in [-0.1, -0.05) is 12.1 Å². The van der Waals surface area contributed by atoms with Gasteiger partial charge in [0.05, 0.1) is 11.7 Å². The summed E-state index contributed by atoms with van der Waals surface area (Å²) in [7, 11) is 0. The van der Waals surface area contributed by atoms with E-state index in [2.05, 4.69) is 10.6 Å². The minimum absolute atomic E-state index is 0.0461. The van der Waals surface area contributed by atoms with Crippen molar-refractivity contribution < 1.29 is 14.3 Å². The Morgan fingerprint density at radius 1 is 1.00 bits per heavy atom. The summed E-state index contributed by atoms with van der Waals surface area (Å²) in [6.45, 7) is 5.44. The number of benzene rings is 2. The Kier molecular flexibility index (Phi) is 7.41. The fourth-order valence-electron chi connectivity index (χ4n) is 3.32. The molecule has 0 unspecified atom stereocenters. The lowest BCUT2D eigenvalue weighted by atomic mass is 10.1. The van der Waals surface area contributed by atoms with Crippen molar-refractivity contribution in [1.29, 1.82) is 0 Å². The number of anilines is 1. The third-order valence-electron chi connectivity index (χ3n) is 4.75. The Hall–Kier alpha value is -2.93. The molecular formula is C23H27N3O3S. The number of hydrogen-bond acceptors (Lipinski definition) is 4. The van der Waals surface area contributed by atoms with Gasteiger partial charge in [0, 0.05) is 24.3 Å². The second-order valence-corrected chi connectivity index (χ2v) is 7.91. The van der Waals surface area contributed by atoms with Gasteiger partial charge in [0.1, 0.15) is 5.75 Å². The van der Waals surface area contributed by atoms with E-state index in [0.717, 1.165) is 25.9 Å². The average Bonchev–Trinajstić information content (AvgIpc) is 2.74. The molecule has 0 spiro atoms. The van der Waals surface area contributed by atoms with Crippen LogP contribution in [0.5, 0.6) is 5.75 Å². The summed E-state index contributed by atoms with van der Waals surface area (Å²) in [6.07, 6.45) is 3.26. The van der Waals surface area contributed by atoms with Gasteiger partial charge < -0.3 is 15.0 Å². The van der Waals surface area contributed by atoms with Crippen LogP contribution < -0.4 is 15.4 Å². The molecule has 0 aliphatic carbocycles. The van der Waals surface area contributed by atoms with Crippen molar-refractivity contribution in [2.45, 2.75) is 39.2 Å². The van der Waals surface area contributed by atoms with Crippen LogP contribution in [0.2, 0.25) is 0 Å². The van der Waals surface area contributed by atoms with Crippen molar-refractivity contribution in [3.8, 4) is 5.75 Å². The van der Waals surface area contributed by atoms with Crippen molar-refractivity contribution >= 4 is 34.8 Å². The monoisotopic (exact) mass is 425 g/mol. The molecule has 1 heterocycles. The van der Waals surface area contributed by atoms with Gasteiger partial charge in [-0.25, -0.2) is 0 Å². The van der Waals surface area contributed by atoms with Crippen LogP contribution in [0, 0.1) is 0 Å². The third-order valence-corrected chi connectivity index (χ3v) is 4.96. The molecule has 7 heteroatoms. The lowest BCUT2D eigenvalue weighted by Crippen LogP contribution is -2.35. The van der Waals surface area contributed by atoms with Gasteiger partial charge in [-0.3, -0.25) is 14.9 Å². The van der Waals surface area contributed by atoms with E-state index in [1.807, 2.05) is 24.8 Å². The van der Waals surface area contributed by atoms with Crippen LogP contribution in [0.15, 0.2) is 48.5 Å². The van der Waals surface area contributed by atoms with E-state index >= 15 is 0 Å². The number of carbonyl (C=O) groups excluding carboxylic acids is 2. The summed E-state index contributed by atoms with van der Waals surface area (Å²) in [5.74, 6) is 0.216. The first kappa shape index (κ1) is 21.8. The second kappa shape index (κ2) is 10.2. The van der Waals surface area contributed by atoms with E-state index in [-0.39, 0.29) is 23.0 Å². The summed E-state index contributed by atoms with van der Waals surface area (Å²) in [4.78, 5) is 27.0. The number of likely N-dealkylation sites (tertiary alicyclic amines) is 1. The maximum Gasteiger partial charge on any atom is 0.261 e. The number of rotatable bonds is 5. The molecule has 158 valence electrons. The fourth-order valence-corrected chi connectivity index (χ4v) is 3.53. The third kappa shape index (κ3) is 5.79. The van der Waals surface area contributed by atoms with E-state index < -0.39 is 0 Å². The molecule has 30 heavy (non-hydrogen) atoms. The minimum atomic E-state index is -0.347. The largest absolute Gasteiger partial charge is 0.490 e. The Morgan fingerprint density at radius 3 is 2.33 bits per heavy atom. The van der Waals surface area contributed by atoms with Gasteiger partial charge in [-0.05, 0) is 81.7 Å². The Bertz CT molecular complexity index is 906. The summed E-state index contributed by atoms with van der Waals surface area (Å²) in [5, 5.41) is 5.83. The highest BCUT2D eigenvalue weighted by Crippen LogP contribution is 2.19. The average molecular weight is 426 g/mol. The zero-order valence-corrected chi connectivity index (χ0v) is 18.1. The van der Waals surface area contributed by atoms with Gasteiger partial charge in [-0.15, -0.1) is 0 Å². The Balaban J connectivity index is 1.58. The van der Waals surface area contributed by atoms with Crippen molar-refractivity contribution in [1.82, 2.24) is 10.2 Å². The molecule has 0 radical (unpaired) electrons. The number of nitrogens with one attached hydrogen (secondary N) is 2. The molecule has 1 aliphatic rings. The molecule has 1 aliphatic heterocycles. The van der Waals surface area contributed by atoms with Gasteiger partial charge in [0.15, 0.2) is 5.11 Å². The Morgan fingerprint density at radius 2 is 1.67 bits per heavy atom. The molecule has 1 fully saturated rings. The van der Waals surface area contributed by atoms with Crippen LogP contribution in [-0.4, -0.2) is 41.0 Å². The number of amides is 2. The normalized spacial score (nSPS) is 13.6. The molecule has 2 amide bonds. The zero-order chi connectivity index (χ0) is 21.5. The van der Waals surface area contributed by atoms with Crippen LogP contribution >= 0.6 is 12.2 Å². The molecule has 2 aromatic carbocycles. The van der Waals surface area contributed by atoms with E-state index in [1.165, 1.54) is 6.42 Å². The number of hydrogen-bond donors (Lipinski definition) is 2. The lowest BCUT2D eigenvalue weighted by Gasteiger charge is -2.26. The minimum Gasteiger partial charge on any atom is -0.490 e. The van der Waals surface area contributed by atoms with E-state index in [0.29, 0.717) is 22.6 Å². The predicted octanol–water partition coefficient (Wildman–Crippen LogP) is 4.23. The van der Waals surface area contributed by atoms with E-state index in [9.17, 15) is 9.59 Å². The molecule has 0 aromatic heterocycles. The van der Waals surface area contributed by atoms with E-state index in [1.54, 1.807) is 42.5 Å². The van der Waals surface area contributed by atoms with Crippen molar-refractivity contribution in [3.05, 3.63) is 59.7 Å². The van der Waals surface area contributed by atoms with Gasteiger partial charge in [-0.2, -0.15) is 0 Å².